The standard InChI is InChI=1S/C17H21N3O2S/c1-21-15-6-5-13(12-16(15)22-2)4-3-9-19-17(23)20-14-7-10-18-11-8-14/h5-8,10-12H,3-4,9H2,1-2H3,(H2,18,19,20,23). The molecule has 2 N–H and O–H groups in total. The number of rotatable bonds is 7. The van der Waals surface area contributed by atoms with Crippen molar-refractivity contribution in [3.05, 3.63) is 48.3 Å². The van der Waals surface area contributed by atoms with Crippen molar-refractivity contribution in [2.75, 3.05) is 26.1 Å². The van der Waals surface area contributed by atoms with E-state index >= 15 is 0 Å². The number of methoxy groups -OCH3 is 2. The Hall–Kier alpha value is -2.34. The molecule has 0 amide bonds. The van der Waals surface area contributed by atoms with Crippen LogP contribution in [0.4, 0.5) is 5.69 Å². The quantitative estimate of drug-likeness (QED) is 0.601. The van der Waals surface area contributed by atoms with Crippen LogP contribution in [0.3, 0.4) is 0 Å². The number of thiocarbonyl (C=S) groups is 1. The molecule has 23 heavy (non-hydrogen) atoms. The van der Waals surface area contributed by atoms with Crippen molar-refractivity contribution in [3.8, 4) is 11.5 Å². The van der Waals surface area contributed by atoms with Crippen molar-refractivity contribution in [2.24, 2.45) is 0 Å². The summed E-state index contributed by atoms with van der Waals surface area (Å²) in [5, 5.41) is 6.93. The summed E-state index contributed by atoms with van der Waals surface area (Å²) >= 11 is 5.26. The molecule has 0 fully saturated rings. The van der Waals surface area contributed by atoms with Crippen molar-refractivity contribution in [1.29, 1.82) is 0 Å². The number of ether oxygens (including phenoxy) is 2. The van der Waals surface area contributed by atoms with E-state index in [2.05, 4.69) is 21.7 Å². The molecule has 5 nitrogen and oxygen atoms in total. The Labute approximate surface area is 142 Å². The molecule has 0 aliphatic carbocycles. The molecule has 1 aromatic heterocycles. The van der Waals surface area contributed by atoms with Gasteiger partial charge in [-0.2, -0.15) is 0 Å². The van der Waals surface area contributed by atoms with Crippen LogP contribution in [-0.2, 0) is 6.42 Å². The van der Waals surface area contributed by atoms with Gasteiger partial charge in [0.15, 0.2) is 16.6 Å². The maximum Gasteiger partial charge on any atom is 0.170 e. The second-order valence-corrected chi connectivity index (χ2v) is 5.32. The van der Waals surface area contributed by atoms with Crippen LogP contribution in [-0.4, -0.2) is 30.9 Å². The van der Waals surface area contributed by atoms with Gasteiger partial charge < -0.3 is 20.1 Å². The summed E-state index contributed by atoms with van der Waals surface area (Å²) < 4.78 is 10.5. The molecule has 0 radical (unpaired) electrons. The average molecular weight is 331 g/mol. The number of aromatic nitrogens is 1. The lowest BCUT2D eigenvalue weighted by Gasteiger charge is -2.11. The molecular weight excluding hydrogens is 310 g/mol. The zero-order valence-corrected chi connectivity index (χ0v) is 14.2. The number of hydrogen-bond donors (Lipinski definition) is 2. The normalized spacial score (nSPS) is 10.0. The van der Waals surface area contributed by atoms with E-state index in [1.165, 1.54) is 5.56 Å². The van der Waals surface area contributed by atoms with Crippen LogP contribution < -0.4 is 20.1 Å². The van der Waals surface area contributed by atoms with Gasteiger partial charge in [0, 0.05) is 24.6 Å². The lowest BCUT2D eigenvalue weighted by molar-refractivity contribution is 0.354. The molecule has 2 aromatic rings. The van der Waals surface area contributed by atoms with Crippen LogP contribution >= 0.6 is 12.2 Å². The zero-order chi connectivity index (χ0) is 16.5. The van der Waals surface area contributed by atoms with E-state index in [1.54, 1.807) is 26.6 Å². The molecule has 1 aromatic carbocycles. The first-order valence-corrected chi connectivity index (χ1v) is 7.79. The number of hydrogen-bond acceptors (Lipinski definition) is 4. The van der Waals surface area contributed by atoms with E-state index in [4.69, 9.17) is 21.7 Å². The van der Waals surface area contributed by atoms with Gasteiger partial charge in [0.1, 0.15) is 0 Å². The minimum Gasteiger partial charge on any atom is -0.493 e. The summed E-state index contributed by atoms with van der Waals surface area (Å²) in [7, 11) is 3.28. The highest BCUT2D eigenvalue weighted by Gasteiger charge is 2.04. The van der Waals surface area contributed by atoms with Gasteiger partial charge in [-0.05, 0) is 54.9 Å². The van der Waals surface area contributed by atoms with Gasteiger partial charge in [-0.15, -0.1) is 0 Å². The molecule has 0 atom stereocenters. The van der Waals surface area contributed by atoms with E-state index in [9.17, 15) is 0 Å². The second-order valence-electron chi connectivity index (χ2n) is 4.91. The predicted molar refractivity (Wildman–Crippen MR) is 96.3 cm³/mol. The van der Waals surface area contributed by atoms with Crippen molar-refractivity contribution in [3.63, 3.8) is 0 Å². The molecular formula is C17H21N3O2S. The number of anilines is 1. The summed E-state index contributed by atoms with van der Waals surface area (Å²) in [4.78, 5) is 3.97. The van der Waals surface area contributed by atoms with E-state index in [1.807, 2.05) is 24.3 Å². The zero-order valence-electron chi connectivity index (χ0n) is 13.3. The van der Waals surface area contributed by atoms with Crippen molar-refractivity contribution in [2.45, 2.75) is 12.8 Å². The summed E-state index contributed by atoms with van der Waals surface area (Å²) in [6.07, 6.45) is 5.35. The molecule has 0 spiro atoms. The van der Waals surface area contributed by atoms with Crippen molar-refractivity contribution < 1.29 is 9.47 Å². The first-order valence-electron chi connectivity index (χ1n) is 7.38. The van der Waals surface area contributed by atoms with Crippen LogP contribution in [0.2, 0.25) is 0 Å². The Bertz CT molecular complexity index is 635. The lowest BCUT2D eigenvalue weighted by atomic mass is 10.1. The predicted octanol–water partition coefficient (Wildman–Crippen LogP) is 3.02. The first-order chi connectivity index (χ1) is 11.2. The highest BCUT2D eigenvalue weighted by Crippen LogP contribution is 2.27. The monoisotopic (exact) mass is 331 g/mol. The summed E-state index contributed by atoms with van der Waals surface area (Å²) in [6.45, 7) is 0.797. The van der Waals surface area contributed by atoms with E-state index in [0.29, 0.717) is 5.11 Å². The maximum absolute atomic E-state index is 5.31. The van der Waals surface area contributed by atoms with Crippen LogP contribution in [0, 0.1) is 0 Å². The smallest absolute Gasteiger partial charge is 0.170 e. The topological polar surface area (TPSA) is 55.4 Å². The third-order valence-electron chi connectivity index (χ3n) is 3.31. The van der Waals surface area contributed by atoms with Gasteiger partial charge in [-0.25, -0.2) is 0 Å². The van der Waals surface area contributed by atoms with Gasteiger partial charge in [-0.3, -0.25) is 4.98 Å². The number of nitrogens with zero attached hydrogens (tertiary/aromatic N) is 1. The number of pyridine rings is 1. The van der Waals surface area contributed by atoms with Gasteiger partial charge in [0.25, 0.3) is 0 Å². The molecule has 1 heterocycles. The molecule has 0 aliphatic heterocycles. The van der Waals surface area contributed by atoms with Crippen molar-refractivity contribution >= 4 is 23.0 Å². The number of benzene rings is 1. The fourth-order valence-corrected chi connectivity index (χ4v) is 2.36. The highest BCUT2D eigenvalue weighted by atomic mass is 32.1. The van der Waals surface area contributed by atoms with Crippen LogP contribution in [0.1, 0.15) is 12.0 Å². The van der Waals surface area contributed by atoms with E-state index < -0.39 is 0 Å². The highest BCUT2D eigenvalue weighted by molar-refractivity contribution is 7.80. The van der Waals surface area contributed by atoms with Gasteiger partial charge in [0.05, 0.1) is 14.2 Å². The Morgan fingerprint density at radius 3 is 2.52 bits per heavy atom. The largest absolute Gasteiger partial charge is 0.493 e. The van der Waals surface area contributed by atoms with Crippen LogP contribution in [0.5, 0.6) is 11.5 Å². The Morgan fingerprint density at radius 1 is 1.09 bits per heavy atom. The molecule has 0 bridgehead atoms. The Kier molecular flexibility index (Phi) is 6.62. The molecule has 6 heteroatoms. The summed E-state index contributed by atoms with van der Waals surface area (Å²) in [6, 6.07) is 9.73. The lowest BCUT2D eigenvalue weighted by Crippen LogP contribution is -2.29. The van der Waals surface area contributed by atoms with Gasteiger partial charge in [0.2, 0.25) is 0 Å². The Balaban J connectivity index is 1.74. The summed E-state index contributed by atoms with van der Waals surface area (Å²) in [5.74, 6) is 1.50. The van der Waals surface area contributed by atoms with E-state index in [-0.39, 0.29) is 0 Å². The molecule has 122 valence electrons. The first kappa shape index (κ1) is 17.0. The minimum absolute atomic E-state index is 0.614. The van der Waals surface area contributed by atoms with Crippen molar-refractivity contribution in [1.82, 2.24) is 10.3 Å². The minimum atomic E-state index is 0.614. The second kappa shape index (κ2) is 8.95. The average Bonchev–Trinajstić information content (AvgIpc) is 2.59. The third-order valence-corrected chi connectivity index (χ3v) is 3.56. The fraction of sp³-hybridized carbons (Fsp3) is 0.294. The fourth-order valence-electron chi connectivity index (χ4n) is 2.14. The summed E-state index contributed by atoms with van der Waals surface area (Å²) in [5.41, 5.74) is 2.13. The van der Waals surface area contributed by atoms with Crippen LogP contribution in [0.15, 0.2) is 42.7 Å². The molecule has 0 saturated heterocycles. The SMILES string of the molecule is COc1ccc(CCCNC(=S)Nc2ccncc2)cc1OC. The molecule has 0 aliphatic rings. The Morgan fingerprint density at radius 2 is 1.83 bits per heavy atom. The molecule has 0 saturated carbocycles. The third kappa shape index (κ3) is 5.41. The molecule has 0 unspecified atom stereocenters. The van der Waals surface area contributed by atoms with E-state index in [0.717, 1.165) is 36.6 Å². The molecule has 2 rings (SSSR count). The van der Waals surface area contributed by atoms with Crippen LogP contribution in [0.25, 0.3) is 0 Å². The van der Waals surface area contributed by atoms with Gasteiger partial charge >= 0.3 is 0 Å². The number of nitrogens with one attached hydrogen (secondary N) is 2. The number of aryl methyl sites for hydroxylation is 1. The van der Waals surface area contributed by atoms with Gasteiger partial charge in [-0.1, -0.05) is 6.07 Å². The maximum atomic E-state index is 5.31.